The summed E-state index contributed by atoms with van der Waals surface area (Å²) in [7, 11) is 0. The molecule has 2 nitrogen and oxygen atoms in total. The SMILES string of the molecule is O=C1c2ccsc2C2CN(Cc3ccccc3)CC12. The van der Waals surface area contributed by atoms with E-state index < -0.39 is 0 Å². The fourth-order valence-electron chi connectivity index (χ4n) is 3.40. The van der Waals surface area contributed by atoms with Crippen molar-refractivity contribution in [3.8, 4) is 0 Å². The second-order valence-corrected chi connectivity index (χ2v) is 6.40. The summed E-state index contributed by atoms with van der Waals surface area (Å²) in [6, 6.07) is 12.5. The summed E-state index contributed by atoms with van der Waals surface area (Å²) in [6.07, 6.45) is 0. The highest BCUT2D eigenvalue weighted by molar-refractivity contribution is 7.10. The van der Waals surface area contributed by atoms with E-state index in [9.17, 15) is 4.79 Å². The topological polar surface area (TPSA) is 20.3 Å². The number of thiophene rings is 1. The molecule has 1 aliphatic carbocycles. The molecule has 2 heterocycles. The van der Waals surface area contributed by atoms with Gasteiger partial charge < -0.3 is 0 Å². The summed E-state index contributed by atoms with van der Waals surface area (Å²) < 4.78 is 0. The minimum absolute atomic E-state index is 0.214. The van der Waals surface area contributed by atoms with E-state index in [4.69, 9.17) is 0 Å². The van der Waals surface area contributed by atoms with Crippen LogP contribution in [0.1, 0.15) is 26.7 Å². The van der Waals surface area contributed by atoms with Crippen LogP contribution in [0.5, 0.6) is 0 Å². The number of ketones is 1. The van der Waals surface area contributed by atoms with Crippen LogP contribution >= 0.6 is 11.3 Å². The number of hydrogen-bond donors (Lipinski definition) is 0. The number of benzene rings is 1. The van der Waals surface area contributed by atoms with Gasteiger partial charge >= 0.3 is 0 Å². The summed E-state index contributed by atoms with van der Waals surface area (Å²) in [4.78, 5) is 16.1. The Kier molecular flexibility index (Phi) is 2.57. The smallest absolute Gasteiger partial charge is 0.169 e. The minimum Gasteiger partial charge on any atom is -0.298 e. The van der Waals surface area contributed by atoms with Crippen LogP contribution in [-0.2, 0) is 6.54 Å². The molecule has 1 saturated heterocycles. The van der Waals surface area contributed by atoms with Gasteiger partial charge in [-0.25, -0.2) is 0 Å². The number of fused-ring (bicyclic) bond motifs is 3. The van der Waals surface area contributed by atoms with Crippen molar-refractivity contribution < 1.29 is 4.79 Å². The molecule has 0 bridgehead atoms. The number of hydrogen-bond acceptors (Lipinski definition) is 3. The number of likely N-dealkylation sites (tertiary alicyclic amines) is 1. The standard InChI is InChI=1S/C16H15NOS/c18-15-12-6-7-19-16(12)14-10-17(9-13(14)15)8-11-4-2-1-3-5-11/h1-7,13-14H,8-10H2. The first kappa shape index (κ1) is 11.4. The van der Waals surface area contributed by atoms with Crippen LogP contribution in [0.4, 0.5) is 0 Å². The summed E-state index contributed by atoms with van der Waals surface area (Å²) in [6.45, 7) is 2.90. The number of carbonyl (C=O) groups is 1. The molecule has 96 valence electrons. The van der Waals surface area contributed by atoms with Crippen molar-refractivity contribution in [2.24, 2.45) is 5.92 Å². The molecule has 19 heavy (non-hydrogen) atoms. The van der Waals surface area contributed by atoms with Crippen molar-refractivity contribution in [3.63, 3.8) is 0 Å². The van der Waals surface area contributed by atoms with Gasteiger partial charge in [-0.2, -0.15) is 0 Å². The summed E-state index contributed by atoms with van der Waals surface area (Å²) >= 11 is 1.75. The van der Waals surface area contributed by atoms with Gasteiger partial charge in [-0.3, -0.25) is 9.69 Å². The van der Waals surface area contributed by atoms with Crippen molar-refractivity contribution in [1.82, 2.24) is 4.90 Å². The predicted molar refractivity (Wildman–Crippen MR) is 76.6 cm³/mol. The Morgan fingerprint density at radius 3 is 2.74 bits per heavy atom. The molecular formula is C16H15NOS. The largest absolute Gasteiger partial charge is 0.298 e. The Morgan fingerprint density at radius 1 is 1.11 bits per heavy atom. The quantitative estimate of drug-likeness (QED) is 0.834. The Bertz CT molecular complexity index is 619. The number of rotatable bonds is 2. The normalized spacial score (nSPS) is 25.6. The Labute approximate surface area is 116 Å². The highest BCUT2D eigenvalue weighted by Crippen LogP contribution is 2.45. The first-order valence-corrected chi connectivity index (χ1v) is 7.59. The molecule has 2 atom stereocenters. The lowest BCUT2D eigenvalue weighted by Gasteiger charge is -2.16. The molecule has 0 amide bonds. The highest BCUT2D eigenvalue weighted by atomic mass is 32.1. The molecule has 0 saturated carbocycles. The maximum Gasteiger partial charge on any atom is 0.169 e. The van der Waals surface area contributed by atoms with Crippen LogP contribution in [0, 0.1) is 5.92 Å². The molecule has 2 aromatic rings. The van der Waals surface area contributed by atoms with E-state index in [-0.39, 0.29) is 5.92 Å². The lowest BCUT2D eigenvalue weighted by Crippen LogP contribution is -2.22. The summed E-state index contributed by atoms with van der Waals surface area (Å²) in [5.74, 6) is 1.04. The van der Waals surface area contributed by atoms with Crippen molar-refractivity contribution in [2.45, 2.75) is 12.5 Å². The van der Waals surface area contributed by atoms with E-state index in [1.54, 1.807) is 11.3 Å². The van der Waals surface area contributed by atoms with Gasteiger partial charge in [0.2, 0.25) is 0 Å². The molecule has 2 unspecified atom stereocenters. The van der Waals surface area contributed by atoms with Crippen LogP contribution in [0.2, 0.25) is 0 Å². The van der Waals surface area contributed by atoms with Gasteiger partial charge in [0.05, 0.1) is 0 Å². The third-order valence-electron chi connectivity index (χ3n) is 4.28. The molecule has 3 heteroatoms. The zero-order valence-corrected chi connectivity index (χ0v) is 11.4. The van der Waals surface area contributed by atoms with E-state index in [0.29, 0.717) is 11.7 Å². The Balaban J connectivity index is 1.55. The van der Waals surface area contributed by atoms with E-state index >= 15 is 0 Å². The van der Waals surface area contributed by atoms with Crippen molar-refractivity contribution in [2.75, 3.05) is 13.1 Å². The third kappa shape index (κ3) is 1.77. The molecule has 4 rings (SSSR count). The fraction of sp³-hybridized carbons (Fsp3) is 0.312. The molecular weight excluding hydrogens is 254 g/mol. The molecule has 1 aromatic heterocycles. The van der Waals surface area contributed by atoms with Crippen LogP contribution in [0.3, 0.4) is 0 Å². The first-order valence-electron chi connectivity index (χ1n) is 6.71. The van der Waals surface area contributed by atoms with Gasteiger partial charge in [-0.05, 0) is 17.0 Å². The number of Topliss-reactive ketones (excluding diaryl/α,β-unsaturated/α-hetero) is 1. The predicted octanol–water partition coefficient (Wildman–Crippen LogP) is 3.16. The average Bonchev–Trinajstić information content (AvgIpc) is 3.08. The van der Waals surface area contributed by atoms with E-state index in [0.717, 1.165) is 25.2 Å². The zero-order valence-electron chi connectivity index (χ0n) is 10.6. The van der Waals surface area contributed by atoms with E-state index in [2.05, 4.69) is 34.5 Å². The molecule has 0 spiro atoms. The van der Waals surface area contributed by atoms with Gasteiger partial charge in [-0.1, -0.05) is 30.3 Å². The van der Waals surface area contributed by atoms with Crippen molar-refractivity contribution >= 4 is 17.1 Å². The molecule has 1 fully saturated rings. The average molecular weight is 269 g/mol. The number of carbonyl (C=O) groups excluding carboxylic acids is 1. The maximum absolute atomic E-state index is 12.3. The number of nitrogens with zero attached hydrogens (tertiary/aromatic N) is 1. The van der Waals surface area contributed by atoms with Gasteiger partial charge in [-0.15, -0.1) is 11.3 Å². The molecule has 2 aliphatic rings. The Hall–Kier alpha value is -1.45. The van der Waals surface area contributed by atoms with Gasteiger partial charge in [0.1, 0.15) is 0 Å². The fourth-order valence-corrected chi connectivity index (χ4v) is 4.46. The first-order chi connectivity index (χ1) is 9.33. The summed E-state index contributed by atoms with van der Waals surface area (Å²) in [5.41, 5.74) is 2.33. The maximum atomic E-state index is 12.3. The van der Waals surface area contributed by atoms with Crippen LogP contribution in [0.15, 0.2) is 41.8 Å². The molecule has 0 N–H and O–H groups in total. The lowest BCUT2D eigenvalue weighted by atomic mass is 9.99. The second kappa shape index (κ2) is 4.29. The monoisotopic (exact) mass is 269 g/mol. The minimum atomic E-state index is 0.214. The van der Waals surface area contributed by atoms with Crippen molar-refractivity contribution in [1.29, 1.82) is 0 Å². The molecule has 1 aromatic carbocycles. The third-order valence-corrected chi connectivity index (χ3v) is 5.33. The van der Waals surface area contributed by atoms with Gasteiger partial charge in [0.25, 0.3) is 0 Å². The van der Waals surface area contributed by atoms with Crippen molar-refractivity contribution in [3.05, 3.63) is 57.8 Å². The summed E-state index contributed by atoms with van der Waals surface area (Å²) in [5, 5.41) is 2.05. The van der Waals surface area contributed by atoms with Gasteiger partial charge in [0.15, 0.2) is 5.78 Å². The van der Waals surface area contributed by atoms with Crippen LogP contribution in [0.25, 0.3) is 0 Å². The zero-order chi connectivity index (χ0) is 12.8. The van der Waals surface area contributed by atoms with Gasteiger partial charge in [0, 0.05) is 41.9 Å². The van der Waals surface area contributed by atoms with E-state index in [1.807, 2.05) is 12.1 Å². The highest BCUT2D eigenvalue weighted by Gasteiger charge is 2.46. The van der Waals surface area contributed by atoms with Crippen LogP contribution < -0.4 is 0 Å². The molecule has 0 radical (unpaired) electrons. The van der Waals surface area contributed by atoms with E-state index in [1.165, 1.54) is 10.4 Å². The second-order valence-electron chi connectivity index (χ2n) is 5.46. The van der Waals surface area contributed by atoms with Crippen LogP contribution in [-0.4, -0.2) is 23.8 Å². The lowest BCUT2D eigenvalue weighted by molar-refractivity contribution is 0.0931. The Morgan fingerprint density at radius 2 is 1.89 bits per heavy atom. The molecule has 1 aliphatic heterocycles.